The van der Waals surface area contributed by atoms with E-state index in [-0.39, 0.29) is 18.4 Å². The van der Waals surface area contributed by atoms with Gasteiger partial charge in [0.1, 0.15) is 5.75 Å². The Morgan fingerprint density at radius 3 is 2.81 bits per heavy atom. The van der Waals surface area contributed by atoms with Crippen molar-refractivity contribution in [2.45, 2.75) is 32.3 Å². The van der Waals surface area contributed by atoms with Crippen molar-refractivity contribution in [3.63, 3.8) is 0 Å². The second-order valence-electron chi connectivity index (χ2n) is 7.47. The number of β-amino-alcohol motifs (C(OH)–C–C–N with tert-alkyl or cyclic N) is 1. The summed E-state index contributed by atoms with van der Waals surface area (Å²) in [5.41, 5.74) is 0.948. The maximum atomic E-state index is 12.5. The molecule has 0 aromatic heterocycles. The van der Waals surface area contributed by atoms with E-state index in [9.17, 15) is 14.7 Å². The summed E-state index contributed by atoms with van der Waals surface area (Å²) in [6, 6.07) is 3.47. The highest BCUT2D eigenvalue weighted by Gasteiger charge is 2.45. The molecule has 2 heterocycles. The number of aryl methyl sites for hydroxylation is 1. The molecular formula is C19H26ClN3O4. The zero-order valence-electron chi connectivity index (χ0n) is 15.7. The number of nitrogens with zero attached hydrogens (tertiary/aromatic N) is 1. The second kappa shape index (κ2) is 8.04. The summed E-state index contributed by atoms with van der Waals surface area (Å²) in [5.74, 6) is 0.404. The Hall–Kier alpha value is -1.83. The summed E-state index contributed by atoms with van der Waals surface area (Å²) in [4.78, 5) is 26.8. The number of hydrogen-bond acceptors (Lipinski definition) is 5. The molecule has 1 aromatic rings. The van der Waals surface area contributed by atoms with Gasteiger partial charge in [0.15, 0.2) is 0 Å². The van der Waals surface area contributed by atoms with Crippen LogP contribution in [0.2, 0.25) is 5.02 Å². The molecule has 1 aromatic carbocycles. The van der Waals surface area contributed by atoms with Crippen molar-refractivity contribution >= 4 is 29.1 Å². The number of anilines is 1. The van der Waals surface area contributed by atoms with Crippen molar-refractivity contribution in [3.8, 4) is 5.75 Å². The Labute approximate surface area is 164 Å². The van der Waals surface area contributed by atoms with Gasteiger partial charge < -0.3 is 20.5 Å². The summed E-state index contributed by atoms with van der Waals surface area (Å²) in [6.07, 6.45) is 1.30. The van der Waals surface area contributed by atoms with E-state index in [1.54, 1.807) is 12.1 Å². The summed E-state index contributed by atoms with van der Waals surface area (Å²) < 4.78 is 5.29. The SMILES string of the molecule is COc1cc(Cl)c(C)cc1NC(=O)CN1CCC2(CC1)CC(O)CNC2=O. The number of aliphatic hydroxyl groups is 1. The molecule has 1 unspecified atom stereocenters. The van der Waals surface area contributed by atoms with Crippen LogP contribution in [0.5, 0.6) is 5.75 Å². The van der Waals surface area contributed by atoms with Crippen molar-refractivity contribution < 1.29 is 19.4 Å². The average molecular weight is 396 g/mol. The van der Waals surface area contributed by atoms with Gasteiger partial charge >= 0.3 is 0 Å². The number of methoxy groups -OCH3 is 1. The molecule has 0 aliphatic carbocycles. The van der Waals surface area contributed by atoms with Crippen LogP contribution in [0.15, 0.2) is 12.1 Å². The highest BCUT2D eigenvalue weighted by atomic mass is 35.5. The fourth-order valence-corrected chi connectivity index (χ4v) is 4.06. The van der Waals surface area contributed by atoms with E-state index in [2.05, 4.69) is 10.6 Å². The number of hydrogen-bond donors (Lipinski definition) is 3. The predicted octanol–water partition coefficient (Wildman–Crippen LogP) is 1.56. The highest BCUT2D eigenvalue weighted by Crippen LogP contribution is 2.38. The summed E-state index contributed by atoms with van der Waals surface area (Å²) in [7, 11) is 1.53. The molecule has 0 radical (unpaired) electrons. The number of nitrogens with one attached hydrogen (secondary N) is 2. The zero-order chi connectivity index (χ0) is 19.6. The van der Waals surface area contributed by atoms with E-state index in [1.165, 1.54) is 7.11 Å². The Morgan fingerprint density at radius 2 is 2.15 bits per heavy atom. The number of carbonyl (C=O) groups is 2. The van der Waals surface area contributed by atoms with Crippen LogP contribution in [0.1, 0.15) is 24.8 Å². The first-order chi connectivity index (χ1) is 12.8. The molecule has 3 rings (SSSR count). The average Bonchev–Trinajstić information content (AvgIpc) is 2.63. The zero-order valence-corrected chi connectivity index (χ0v) is 16.4. The van der Waals surface area contributed by atoms with Crippen LogP contribution in [0, 0.1) is 12.3 Å². The third-order valence-corrected chi connectivity index (χ3v) is 5.95. The van der Waals surface area contributed by atoms with Crippen molar-refractivity contribution in [2.24, 2.45) is 5.41 Å². The molecule has 3 N–H and O–H groups in total. The molecule has 7 nitrogen and oxygen atoms in total. The predicted molar refractivity (Wildman–Crippen MR) is 103 cm³/mol. The number of amides is 2. The highest BCUT2D eigenvalue weighted by molar-refractivity contribution is 6.31. The molecule has 2 amide bonds. The van der Waals surface area contributed by atoms with Crippen LogP contribution in [0.4, 0.5) is 5.69 Å². The Bertz CT molecular complexity index is 732. The van der Waals surface area contributed by atoms with E-state index in [1.807, 2.05) is 11.8 Å². The van der Waals surface area contributed by atoms with Gasteiger partial charge in [-0.1, -0.05) is 11.6 Å². The van der Waals surface area contributed by atoms with Crippen LogP contribution >= 0.6 is 11.6 Å². The summed E-state index contributed by atoms with van der Waals surface area (Å²) >= 11 is 6.10. The fraction of sp³-hybridized carbons (Fsp3) is 0.579. The van der Waals surface area contributed by atoms with Gasteiger partial charge in [-0.2, -0.15) is 0 Å². The molecule has 1 spiro atoms. The minimum atomic E-state index is -0.499. The van der Waals surface area contributed by atoms with Gasteiger partial charge in [0.05, 0.1) is 30.9 Å². The van der Waals surface area contributed by atoms with Crippen LogP contribution in [-0.2, 0) is 9.59 Å². The van der Waals surface area contributed by atoms with Crippen molar-refractivity contribution in [2.75, 3.05) is 38.6 Å². The number of carbonyl (C=O) groups excluding carboxylic acids is 2. The molecule has 2 aliphatic rings. The van der Waals surface area contributed by atoms with Gasteiger partial charge in [0.2, 0.25) is 11.8 Å². The Balaban J connectivity index is 1.57. The molecule has 0 bridgehead atoms. The number of halogens is 1. The lowest BCUT2D eigenvalue weighted by atomic mass is 9.71. The quantitative estimate of drug-likeness (QED) is 0.719. The molecule has 8 heteroatoms. The second-order valence-corrected chi connectivity index (χ2v) is 7.88. The van der Waals surface area contributed by atoms with E-state index < -0.39 is 11.5 Å². The topological polar surface area (TPSA) is 90.9 Å². The van der Waals surface area contributed by atoms with Crippen molar-refractivity contribution in [1.29, 1.82) is 0 Å². The maximum Gasteiger partial charge on any atom is 0.238 e. The normalized spacial score (nSPS) is 22.4. The number of ether oxygens (including phenoxy) is 1. The maximum absolute atomic E-state index is 12.5. The molecule has 27 heavy (non-hydrogen) atoms. The summed E-state index contributed by atoms with van der Waals surface area (Å²) in [6.45, 7) is 3.72. The van der Waals surface area contributed by atoms with Crippen molar-refractivity contribution in [3.05, 3.63) is 22.7 Å². The largest absolute Gasteiger partial charge is 0.495 e. The number of piperidine rings is 2. The number of likely N-dealkylation sites (tertiary alicyclic amines) is 1. The molecule has 2 aliphatic heterocycles. The van der Waals surface area contributed by atoms with E-state index >= 15 is 0 Å². The van der Waals surface area contributed by atoms with E-state index in [0.717, 1.165) is 5.56 Å². The first kappa shape index (κ1) is 19.9. The lowest BCUT2D eigenvalue weighted by Gasteiger charge is -2.44. The lowest BCUT2D eigenvalue weighted by Crippen LogP contribution is -2.56. The van der Waals surface area contributed by atoms with Crippen LogP contribution in [0.3, 0.4) is 0 Å². The van der Waals surface area contributed by atoms with Crippen LogP contribution in [0.25, 0.3) is 0 Å². The standard InChI is InChI=1S/C19H26ClN3O4/c1-12-7-15(16(27-2)8-14(12)20)22-17(25)11-23-5-3-19(4-6-23)9-13(24)10-21-18(19)26/h7-8,13,24H,3-6,9-11H2,1-2H3,(H,21,26)(H,22,25). The monoisotopic (exact) mass is 395 g/mol. The van der Waals surface area contributed by atoms with Crippen LogP contribution < -0.4 is 15.4 Å². The molecule has 1 atom stereocenters. The molecule has 148 valence electrons. The smallest absolute Gasteiger partial charge is 0.238 e. The number of aliphatic hydroxyl groups excluding tert-OH is 1. The minimum Gasteiger partial charge on any atom is -0.495 e. The van der Waals surface area contributed by atoms with Gasteiger partial charge in [-0.3, -0.25) is 14.5 Å². The van der Waals surface area contributed by atoms with Crippen LogP contribution in [-0.4, -0.2) is 61.2 Å². The Kier molecular flexibility index (Phi) is 5.93. The fourth-order valence-electron chi connectivity index (χ4n) is 3.91. The molecule has 0 saturated carbocycles. The summed E-state index contributed by atoms with van der Waals surface area (Å²) in [5, 5.41) is 16.2. The number of benzene rings is 1. The first-order valence-corrected chi connectivity index (χ1v) is 9.53. The molecular weight excluding hydrogens is 370 g/mol. The van der Waals surface area contributed by atoms with Crippen molar-refractivity contribution in [1.82, 2.24) is 10.2 Å². The number of rotatable bonds is 4. The molecule has 2 saturated heterocycles. The molecule has 2 fully saturated rings. The Morgan fingerprint density at radius 1 is 1.44 bits per heavy atom. The van der Waals surface area contributed by atoms with Gasteiger partial charge in [-0.25, -0.2) is 0 Å². The van der Waals surface area contributed by atoms with Gasteiger partial charge in [0, 0.05) is 17.6 Å². The van der Waals surface area contributed by atoms with Gasteiger partial charge in [-0.15, -0.1) is 0 Å². The van der Waals surface area contributed by atoms with Gasteiger partial charge in [0.25, 0.3) is 0 Å². The first-order valence-electron chi connectivity index (χ1n) is 9.16. The van der Waals surface area contributed by atoms with E-state index in [0.29, 0.717) is 55.4 Å². The van der Waals surface area contributed by atoms with E-state index in [4.69, 9.17) is 16.3 Å². The lowest BCUT2D eigenvalue weighted by molar-refractivity contribution is -0.141. The third kappa shape index (κ3) is 4.36. The minimum absolute atomic E-state index is 0.0262. The van der Waals surface area contributed by atoms with Gasteiger partial charge in [-0.05, 0) is 50.9 Å². The third-order valence-electron chi connectivity index (χ3n) is 5.54.